The number of hydrogen-bond acceptors (Lipinski definition) is 5. The van der Waals surface area contributed by atoms with Crippen LogP contribution in [0.3, 0.4) is 0 Å². The van der Waals surface area contributed by atoms with Crippen molar-refractivity contribution in [3.05, 3.63) is 12.3 Å². The van der Waals surface area contributed by atoms with Crippen molar-refractivity contribution in [3.63, 3.8) is 0 Å². The molecule has 0 radical (unpaired) electrons. The molecule has 4 nitrogen and oxygen atoms in total. The summed E-state index contributed by atoms with van der Waals surface area (Å²) in [6, 6.07) is 0. The van der Waals surface area contributed by atoms with Crippen LogP contribution in [0.4, 0.5) is 0 Å². The van der Waals surface area contributed by atoms with Crippen molar-refractivity contribution in [3.8, 4) is 0 Å². The first kappa shape index (κ1) is 11.4. The molecule has 78 valence electrons. The summed E-state index contributed by atoms with van der Waals surface area (Å²) in [6.07, 6.45) is 4.93. The van der Waals surface area contributed by atoms with E-state index in [4.69, 9.17) is 16.3 Å². The predicted molar refractivity (Wildman–Crippen MR) is 58.4 cm³/mol. The minimum Gasteiger partial charge on any atom is -0.462 e. The lowest BCUT2D eigenvalue weighted by Crippen LogP contribution is -2.47. The van der Waals surface area contributed by atoms with Crippen LogP contribution in [0.1, 0.15) is 6.92 Å². The predicted octanol–water partition coefficient (Wildman–Crippen LogP) is 1.32. The molecule has 0 aromatic rings. The standard InChI is InChI=1S/C8H11ClN2O2S/c1-3-13-7(12)8(14-2)10-5-4-6(9)11-8/h4-5,10H,3H2,1-2H3. The maximum absolute atomic E-state index is 11.6. The van der Waals surface area contributed by atoms with Gasteiger partial charge in [-0.2, -0.15) is 0 Å². The van der Waals surface area contributed by atoms with Crippen LogP contribution in [0, 0.1) is 0 Å². The highest BCUT2D eigenvalue weighted by molar-refractivity contribution is 8.00. The Labute approximate surface area is 91.7 Å². The number of halogens is 1. The van der Waals surface area contributed by atoms with Gasteiger partial charge in [0.2, 0.25) is 0 Å². The number of aliphatic imine (C=N–C) groups is 1. The van der Waals surface area contributed by atoms with E-state index in [2.05, 4.69) is 10.3 Å². The SMILES string of the molecule is CCOC(=O)C1(SC)N=C(Cl)C=CN1. The lowest BCUT2D eigenvalue weighted by molar-refractivity contribution is -0.146. The average molecular weight is 235 g/mol. The highest BCUT2D eigenvalue weighted by atomic mass is 35.5. The maximum Gasteiger partial charge on any atom is 0.366 e. The largest absolute Gasteiger partial charge is 0.462 e. The third kappa shape index (κ3) is 2.22. The molecule has 6 heteroatoms. The topological polar surface area (TPSA) is 50.7 Å². The number of allylic oxidation sites excluding steroid dienone is 1. The molecule has 0 aromatic heterocycles. The Morgan fingerprint density at radius 1 is 1.86 bits per heavy atom. The minimum absolute atomic E-state index is 0.283. The van der Waals surface area contributed by atoms with Crippen molar-refractivity contribution < 1.29 is 9.53 Å². The van der Waals surface area contributed by atoms with Crippen LogP contribution in [0.5, 0.6) is 0 Å². The lowest BCUT2D eigenvalue weighted by Gasteiger charge is -2.27. The summed E-state index contributed by atoms with van der Waals surface area (Å²) in [5.74, 6) is -0.435. The molecule has 1 aliphatic heterocycles. The number of nitrogens with zero attached hydrogens (tertiary/aromatic N) is 1. The normalized spacial score (nSPS) is 25.2. The second-order valence-electron chi connectivity index (χ2n) is 2.48. The van der Waals surface area contributed by atoms with Crippen LogP contribution in [-0.4, -0.2) is 29.0 Å². The first-order chi connectivity index (χ1) is 6.64. The van der Waals surface area contributed by atoms with Crippen molar-refractivity contribution in [1.29, 1.82) is 0 Å². The fraction of sp³-hybridized carbons (Fsp3) is 0.500. The van der Waals surface area contributed by atoms with Gasteiger partial charge < -0.3 is 10.1 Å². The first-order valence-corrected chi connectivity index (χ1v) is 5.67. The van der Waals surface area contributed by atoms with Crippen molar-refractivity contribution in [2.75, 3.05) is 12.9 Å². The van der Waals surface area contributed by atoms with Crippen LogP contribution in [0.2, 0.25) is 0 Å². The Morgan fingerprint density at radius 2 is 2.57 bits per heavy atom. The zero-order valence-corrected chi connectivity index (χ0v) is 9.48. The quantitative estimate of drug-likeness (QED) is 0.749. The summed E-state index contributed by atoms with van der Waals surface area (Å²) in [5.41, 5.74) is 0. The van der Waals surface area contributed by atoms with Gasteiger partial charge in [-0.25, -0.2) is 9.79 Å². The Bertz CT molecular complexity index is 293. The zero-order chi connectivity index (χ0) is 10.6. The maximum atomic E-state index is 11.6. The van der Waals surface area contributed by atoms with E-state index in [1.165, 1.54) is 11.8 Å². The zero-order valence-electron chi connectivity index (χ0n) is 7.91. The number of carbonyl (C=O) groups excluding carboxylic acids is 1. The van der Waals surface area contributed by atoms with Gasteiger partial charge in [-0.1, -0.05) is 11.6 Å². The van der Waals surface area contributed by atoms with E-state index in [0.29, 0.717) is 6.61 Å². The molecule has 14 heavy (non-hydrogen) atoms. The van der Waals surface area contributed by atoms with Crippen LogP contribution >= 0.6 is 23.4 Å². The van der Waals surface area contributed by atoms with Gasteiger partial charge in [-0.3, -0.25) is 0 Å². The summed E-state index contributed by atoms with van der Waals surface area (Å²) in [7, 11) is 0. The number of rotatable bonds is 3. The molecule has 0 aliphatic carbocycles. The van der Waals surface area contributed by atoms with E-state index in [-0.39, 0.29) is 5.17 Å². The number of hydrogen-bond donors (Lipinski definition) is 1. The molecule has 0 amide bonds. The molecule has 0 fully saturated rings. The summed E-state index contributed by atoms with van der Waals surface area (Å²) in [4.78, 5) is 14.5. The molecule has 1 aliphatic rings. The highest BCUT2D eigenvalue weighted by Gasteiger charge is 2.39. The van der Waals surface area contributed by atoms with Gasteiger partial charge in [0.25, 0.3) is 4.99 Å². The van der Waals surface area contributed by atoms with Gasteiger partial charge in [0.1, 0.15) is 5.17 Å². The fourth-order valence-corrected chi connectivity index (χ4v) is 1.81. The van der Waals surface area contributed by atoms with E-state index >= 15 is 0 Å². The summed E-state index contributed by atoms with van der Waals surface area (Å²) in [5, 5.41) is 3.12. The summed E-state index contributed by atoms with van der Waals surface area (Å²) in [6.45, 7) is 2.07. The Hall–Kier alpha value is -0.680. The third-order valence-corrected chi connectivity index (χ3v) is 2.79. The average Bonchev–Trinajstić information content (AvgIpc) is 2.18. The number of nitrogens with one attached hydrogen (secondary N) is 1. The smallest absolute Gasteiger partial charge is 0.366 e. The Morgan fingerprint density at radius 3 is 3.07 bits per heavy atom. The summed E-state index contributed by atoms with van der Waals surface area (Å²) < 4.78 is 4.90. The van der Waals surface area contributed by atoms with E-state index in [0.717, 1.165) is 0 Å². The first-order valence-electron chi connectivity index (χ1n) is 4.06. The molecule has 1 unspecified atom stereocenters. The van der Waals surface area contributed by atoms with Crippen LogP contribution in [0.25, 0.3) is 0 Å². The second-order valence-corrected chi connectivity index (χ2v) is 3.87. The number of ether oxygens (including phenoxy) is 1. The van der Waals surface area contributed by atoms with E-state index in [9.17, 15) is 4.79 Å². The number of esters is 1. The molecular formula is C8H11ClN2O2S. The Balaban J connectivity index is 2.87. The monoisotopic (exact) mass is 234 g/mol. The molecule has 1 heterocycles. The third-order valence-electron chi connectivity index (χ3n) is 1.61. The highest BCUT2D eigenvalue weighted by Crippen LogP contribution is 2.26. The van der Waals surface area contributed by atoms with Gasteiger partial charge in [0.05, 0.1) is 6.61 Å². The minimum atomic E-state index is -1.12. The second kappa shape index (κ2) is 4.70. The molecule has 0 saturated carbocycles. The van der Waals surface area contributed by atoms with Gasteiger partial charge in [0, 0.05) is 6.20 Å². The molecule has 0 spiro atoms. The van der Waals surface area contributed by atoms with E-state index in [1.807, 2.05) is 0 Å². The van der Waals surface area contributed by atoms with Crippen molar-refractivity contribution >= 4 is 34.5 Å². The van der Waals surface area contributed by atoms with Gasteiger partial charge >= 0.3 is 5.97 Å². The van der Waals surface area contributed by atoms with Crippen LogP contribution in [0.15, 0.2) is 17.3 Å². The number of thioether (sulfide) groups is 1. The molecule has 0 aromatic carbocycles. The fourth-order valence-electron chi connectivity index (χ4n) is 0.965. The lowest BCUT2D eigenvalue weighted by atomic mass is 10.4. The van der Waals surface area contributed by atoms with Crippen LogP contribution in [-0.2, 0) is 9.53 Å². The van der Waals surface area contributed by atoms with Gasteiger partial charge in [-0.05, 0) is 19.3 Å². The Kier molecular flexibility index (Phi) is 3.83. The molecule has 1 rings (SSSR count). The van der Waals surface area contributed by atoms with Crippen LogP contribution < -0.4 is 5.32 Å². The molecule has 0 bridgehead atoms. The van der Waals surface area contributed by atoms with Crippen molar-refractivity contribution in [1.82, 2.24) is 5.32 Å². The van der Waals surface area contributed by atoms with Crippen molar-refractivity contribution in [2.45, 2.75) is 11.9 Å². The molecule has 1 N–H and O–H groups in total. The van der Waals surface area contributed by atoms with Gasteiger partial charge in [0.15, 0.2) is 0 Å². The molecule has 0 saturated heterocycles. The molecule has 1 atom stereocenters. The molecular weight excluding hydrogens is 224 g/mol. The summed E-state index contributed by atoms with van der Waals surface area (Å²) >= 11 is 6.96. The van der Waals surface area contributed by atoms with Gasteiger partial charge in [-0.15, -0.1) is 11.8 Å². The number of carbonyl (C=O) groups is 1. The van der Waals surface area contributed by atoms with E-state index in [1.54, 1.807) is 25.5 Å². The van der Waals surface area contributed by atoms with E-state index < -0.39 is 11.0 Å². The van der Waals surface area contributed by atoms with Crippen molar-refractivity contribution in [2.24, 2.45) is 4.99 Å².